The third kappa shape index (κ3) is 4.48. The zero-order valence-electron chi connectivity index (χ0n) is 16.8. The van der Waals surface area contributed by atoms with Gasteiger partial charge in [-0.2, -0.15) is 0 Å². The molecule has 1 fully saturated rings. The Morgan fingerprint density at radius 3 is 2.93 bits per heavy atom. The van der Waals surface area contributed by atoms with Crippen LogP contribution in [0.25, 0.3) is 17.0 Å². The van der Waals surface area contributed by atoms with Gasteiger partial charge in [0.15, 0.2) is 0 Å². The first-order valence-corrected chi connectivity index (χ1v) is 11.2. The summed E-state index contributed by atoms with van der Waals surface area (Å²) in [5.41, 5.74) is 7.76. The Hall–Kier alpha value is -2.48. The van der Waals surface area contributed by atoms with E-state index in [1.807, 2.05) is 34.5 Å². The molecule has 3 heterocycles. The standard InChI is InChI=1S/C22H24ClN5OS/c1-2-20-22(29)28(9-8-27(20)7-3-4-17-11-16(23)13-30-17)12-15-5-6-18-19(10-15)25-14-26-21(18)24/h3-6,10-11,13-14,20H,2,7-9,12H2,1H3,(H2,24,25,26)/b4-3+. The zero-order chi connectivity index (χ0) is 21.1. The molecule has 0 saturated carbocycles. The van der Waals surface area contributed by atoms with Gasteiger partial charge in [-0.15, -0.1) is 11.3 Å². The number of amides is 1. The van der Waals surface area contributed by atoms with Gasteiger partial charge >= 0.3 is 0 Å². The van der Waals surface area contributed by atoms with Crippen molar-refractivity contribution < 1.29 is 4.79 Å². The maximum atomic E-state index is 13.1. The van der Waals surface area contributed by atoms with Crippen LogP contribution in [-0.2, 0) is 11.3 Å². The van der Waals surface area contributed by atoms with E-state index in [-0.39, 0.29) is 11.9 Å². The van der Waals surface area contributed by atoms with Gasteiger partial charge < -0.3 is 10.6 Å². The lowest BCUT2D eigenvalue weighted by molar-refractivity contribution is -0.142. The van der Waals surface area contributed by atoms with Gasteiger partial charge in [-0.05, 0) is 36.3 Å². The Morgan fingerprint density at radius 2 is 2.17 bits per heavy atom. The van der Waals surface area contributed by atoms with Crippen LogP contribution in [0.3, 0.4) is 0 Å². The number of aromatic nitrogens is 2. The van der Waals surface area contributed by atoms with Crippen LogP contribution in [0.15, 0.2) is 42.0 Å². The summed E-state index contributed by atoms with van der Waals surface area (Å²) in [7, 11) is 0. The van der Waals surface area contributed by atoms with Crippen molar-refractivity contribution in [3.8, 4) is 0 Å². The number of halogens is 1. The van der Waals surface area contributed by atoms with E-state index in [0.29, 0.717) is 18.9 Å². The molecule has 1 atom stereocenters. The van der Waals surface area contributed by atoms with Crippen molar-refractivity contribution in [3.05, 3.63) is 57.5 Å². The Kier molecular flexibility index (Phi) is 6.32. The number of carbonyl (C=O) groups is 1. The van der Waals surface area contributed by atoms with Crippen LogP contribution in [-0.4, -0.2) is 51.4 Å². The summed E-state index contributed by atoms with van der Waals surface area (Å²) in [6.07, 6.45) is 6.44. The minimum atomic E-state index is -0.103. The fourth-order valence-corrected chi connectivity index (χ4v) is 4.85. The number of thiophene rings is 1. The lowest BCUT2D eigenvalue weighted by Gasteiger charge is -2.40. The number of hydrogen-bond donors (Lipinski definition) is 1. The summed E-state index contributed by atoms with van der Waals surface area (Å²) in [5, 5.41) is 3.52. The number of carbonyl (C=O) groups excluding carboxylic acids is 1. The highest BCUT2D eigenvalue weighted by Crippen LogP contribution is 2.22. The van der Waals surface area contributed by atoms with Gasteiger partial charge in [0.1, 0.15) is 12.1 Å². The number of nitrogen functional groups attached to an aromatic ring is 1. The number of nitrogens with two attached hydrogens (primary N) is 1. The second-order valence-electron chi connectivity index (χ2n) is 7.36. The smallest absolute Gasteiger partial charge is 0.240 e. The van der Waals surface area contributed by atoms with Crippen molar-refractivity contribution in [2.45, 2.75) is 25.9 Å². The van der Waals surface area contributed by atoms with Crippen molar-refractivity contribution in [1.82, 2.24) is 19.8 Å². The van der Waals surface area contributed by atoms with Crippen LogP contribution in [0, 0.1) is 0 Å². The van der Waals surface area contributed by atoms with Crippen molar-refractivity contribution in [2.75, 3.05) is 25.4 Å². The Balaban J connectivity index is 1.42. The third-order valence-corrected chi connectivity index (χ3v) is 6.64. The molecule has 0 aliphatic carbocycles. The van der Waals surface area contributed by atoms with Gasteiger partial charge in [-0.1, -0.05) is 30.7 Å². The maximum Gasteiger partial charge on any atom is 0.240 e. The molecule has 3 aromatic rings. The molecule has 1 aliphatic rings. The molecular weight excluding hydrogens is 418 g/mol. The van der Waals surface area contributed by atoms with Gasteiger partial charge in [0, 0.05) is 41.8 Å². The summed E-state index contributed by atoms with van der Waals surface area (Å²) in [4.78, 5) is 26.8. The van der Waals surface area contributed by atoms with E-state index in [9.17, 15) is 4.79 Å². The predicted octanol–water partition coefficient (Wildman–Crippen LogP) is 4.06. The highest BCUT2D eigenvalue weighted by molar-refractivity contribution is 7.11. The average molecular weight is 442 g/mol. The number of benzene rings is 1. The minimum Gasteiger partial charge on any atom is -0.383 e. The number of piperazine rings is 1. The van der Waals surface area contributed by atoms with E-state index in [0.717, 1.165) is 45.9 Å². The van der Waals surface area contributed by atoms with Crippen LogP contribution in [0.4, 0.5) is 5.82 Å². The van der Waals surface area contributed by atoms with E-state index in [1.54, 1.807) is 11.3 Å². The molecule has 0 radical (unpaired) electrons. The van der Waals surface area contributed by atoms with Gasteiger partial charge in [0.2, 0.25) is 5.91 Å². The number of nitrogens with zero attached hydrogens (tertiary/aromatic N) is 4. The van der Waals surface area contributed by atoms with Crippen molar-refractivity contribution >= 4 is 51.6 Å². The van der Waals surface area contributed by atoms with Crippen LogP contribution >= 0.6 is 22.9 Å². The Bertz CT molecular complexity index is 1080. The summed E-state index contributed by atoms with van der Waals surface area (Å²) in [6, 6.07) is 7.76. The molecule has 2 N–H and O–H groups in total. The molecule has 6 nitrogen and oxygen atoms in total. The maximum absolute atomic E-state index is 13.1. The van der Waals surface area contributed by atoms with Crippen LogP contribution in [0.5, 0.6) is 0 Å². The molecule has 1 amide bonds. The Morgan fingerprint density at radius 1 is 1.30 bits per heavy atom. The number of fused-ring (bicyclic) bond motifs is 1. The lowest BCUT2D eigenvalue weighted by atomic mass is 10.1. The molecule has 1 aliphatic heterocycles. The fraction of sp³-hybridized carbons (Fsp3) is 0.318. The van der Waals surface area contributed by atoms with Crippen molar-refractivity contribution in [3.63, 3.8) is 0 Å². The number of rotatable bonds is 6. The third-order valence-electron chi connectivity index (χ3n) is 5.40. The van der Waals surface area contributed by atoms with Crippen LogP contribution in [0.1, 0.15) is 23.8 Å². The fourth-order valence-electron chi connectivity index (χ4n) is 3.85. The van der Waals surface area contributed by atoms with E-state index in [2.05, 4.69) is 33.9 Å². The molecular formula is C22H24ClN5OS. The second-order valence-corrected chi connectivity index (χ2v) is 8.74. The van der Waals surface area contributed by atoms with Gasteiger partial charge in [0.25, 0.3) is 0 Å². The first-order chi connectivity index (χ1) is 14.5. The predicted molar refractivity (Wildman–Crippen MR) is 123 cm³/mol. The molecule has 1 unspecified atom stereocenters. The second kappa shape index (κ2) is 9.12. The quantitative estimate of drug-likeness (QED) is 0.624. The van der Waals surface area contributed by atoms with E-state index < -0.39 is 0 Å². The molecule has 1 aromatic carbocycles. The van der Waals surface area contributed by atoms with Gasteiger partial charge in [-0.25, -0.2) is 9.97 Å². The number of hydrogen-bond acceptors (Lipinski definition) is 6. The normalized spacial score (nSPS) is 18.0. The molecule has 30 heavy (non-hydrogen) atoms. The molecule has 0 spiro atoms. The largest absolute Gasteiger partial charge is 0.383 e. The lowest BCUT2D eigenvalue weighted by Crippen LogP contribution is -2.56. The van der Waals surface area contributed by atoms with E-state index in [4.69, 9.17) is 17.3 Å². The molecule has 8 heteroatoms. The molecule has 156 valence electrons. The topological polar surface area (TPSA) is 75.3 Å². The summed E-state index contributed by atoms with van der Waals surface area (Å²) < 4.78 is 0. The van der Waals surface area contributed by atoms with Crippen molar-refractivity contribution in [1.29, 1.82) is 0 Å². The minimum absolute atomic E-state index is 0.103. The first-order valence-electron chi connectivity index (χ1n) is 9.97. The SMILES string of the molecule is CCC1C(=O)N(Cc2ccc3c(N)ncnc3c2)CCN1C/C=C/c1cc(Cl)cs1. The molecule has 2 aromatic heterocycles. The van der Waals surface area contributed by atoms with E-state index in [1.165, 1.54) is 6.33 Å². The highest BCUT2D eigenvalue weighted by Gasteiger charge is 2.32. The Labute approximate surface area is 185 Å². The van der Waals surface area contributed by atoms with Gasteiger partial charge in [0.05, 0.1) is 16.6 Å². The average Bonchev–Trinajstić information content (AvgIpc) is 3.15. The zero-order valence-corrected chi connectivity index (χ0v) is 18.4. The summed E-state index contributed by atoms with van der Waals surface area (Å²) in [6.45, 7) is 4.95. The number of anilines is 1. The van der Waals surface area contributed by atoms with Crippen LogP contribution in [0.2, 0.25) is 5.02 Å². The summed E-state index contributed by atoms with van der Waals surface area (Å²) in [5.74, 6) is 0.652. The molecule has 1 saturated heterocycles. The highest BCUT2D eigenvalue weighted by atomic mass is 35.5. The van der Waals surface area contributed by atoms with Crippen LogP contribution < -0.4 is 5.73 Å². The summed E-state index contributed by atoms with van der Waals surface area (Å²) >= 11 is 7.60. The van der Waals surface area contributed by atoms with E-state index >= 15 is 0 Å². The van der Waals surface area contributed by atoms with Crippen molar-refractivity contribution in [2.24, 2.45) is 0 Å². The van der Waals surface area contributed by atoms with Gasteiger partial charge in [-0.3, -0.25) is 9.69 Å². The first kappa shape index (κ1) is 20.8. The monoisotopic (exact) mass is 441 g/mol. The molecule has 4 rings (SSSR count). The molecule has 0 bridgehead atoms.